The Morgan fingerprint density at radius 2 is 2.09 bits per heavy atom. The molecule has 0 saturated heterocycles. The van der Waals surface area contributed by atoms with E-state index in [-0.39, 0.29) is 18.3 Å². The molecule has 0 saturated carbocycles. The van der Waals surface area contributed by atoms with Gasteiger partial charge in [-0.15, -0.1) is 23.7 Å². The molecule has 0 unspecified atom stereocenters. The molecule has 22 heavy (non-hydrogen) atoms. The van der Waals surface area contributed by atoms with Crippen LogP contribution in [0.5, 0.6) is 0 Å². The van der Waals surface area contributed by atoms with Gasteiger partial charge in [0.15, 0.2) is 0 Å². The van der Waals surface area contributed by atoms with Crippen LogP contribution in [-0.4, -0.2) is 24.5 Å². The quantitative estimate of drug-likeness (QED) is 0.815. The van der Waals surface area contributed by atoms with Crippen LogP contribution in [0.2, 0.25) is 0 Å². The fourth-order valence-corrected chi connectivity index (χ4v) is 2.82. The Morgan fingerprint density at radius 1 is 1.32 bits per heavy atom. The Kier molecular flexibility index (Phi) is 8.09. The number of rotatable bonds is 7. The average Bonchev–Trinajstić information content (AvgIpc) is 2.99. The molecular weight excluding hydrogens is 318 g/mol. The molecule has 0 bridgehead atoms. The highest BCUT2D eigenvalue weighted by molar-refractivity contribution is 7.09. The molecule has 120 valence electrons. The molecule has 0 radical (unpaired) electrons. The third-order valence-electron chi connectivity index (χ3n) is 3.24. The van der Waals surface area contributed by atoms with Gasteiger partial charge in [0, 0.05) is 10.9 Å². The number of likely N-dealkylation sites (N-methyl/N-ethyl adjacent to an activating group) is 1. The molecule has 1 amide bonds. The number of benzene rings is 1. The Bertz CT molecular complexity index is 601. The van der Waals surface area contributed by atoms with E-state index in [1.54, 1.807) is 11.3 Å². The van der Waals surface area contributed by atoms with Crippen LogP contribution >= 0.6 is 23.7 Å². The number of nitrogens with one attached hydrogen (secondary N) is 2. The minimum atomic E-state index is -0.0345. The Morgan fingerprint density at radius 3 is 2.77 bits per heavy atom. The van der Waals surface area contributed by atoms with E-state index in [1.807, 2.05) is 36.7 Å². The maximum Gasteiger partial charge on any atom is 0.251 e. The highest BCUT2D eigenvalue weighted by atomic mass is 35.5. The first-order valence-electron chi connectivity index (χ1n) is 7.18. The lowest BCUT2D eigenvalue weighted by atomic mass is 10.0. The van der Waals surface area contributed by atoms with Gasteiger partial charge in [-0.25, -0.2) is 4.98 Å². The normalized spacial score (nSPS) is 10.1. The number of hydrogen-bond donors (Lipinski definition) is 2. The molecule has 6 heteroatoms. The summed E-state index contributed by atoms with van der Waals surface area (Å²) in [5.41, 5.74) is 2.74. The summed E-state index contributed by atoms with van der Waals surface area (Å²) in [7, 11) is 1.91. The van der Waals surface area contributed by atoms with E-state index in [0.717, 1.165) is 41.2 Å². The van der Waals surface area contributed by atoms with Crippen LogP contribution < -0.4 is 10.6 Å². The van der Waals surface area contributed by atoms with Crippen LogP contribution in [0, 0.1) is 0 Å². The van der Waals surface area contributed by atoms with Gasteiger partial charge in [-0.1, -0.05) is 25.1 Å². The first-order chi connectivity index (χ1) is 10.2. The smallest absolute Gasteiger partial charge is 0.251 e. The van der Waals surface area contributed by atoms with Gasteiger partial charge >= 0.3 is 0 Å². The number of carbonyl (C=O) groups is 1. The fourth-order valence-electron chi connectivity index (χ4n) is 2.08. The maximum atomic E-state index is 12.3. The number of aryl methyl sites for hydroxylation is 1. The van der Waals surface area contributed by atoms with Crippen molar-refractivity contribution in [1.29, 1.82) is 0 Å². The van der Waals surface area contributed by atoms with Crippen LogP contribution in [0.3, 0.4) is 0 Å². The molecule has 0 aliphatic heterocycles. The summed E-state index contributed by atoms with van der Waals surface area (Å²) in [5, 5.41) is 9.17. The van der Waals surface area contributed by atoms with Crippen molar-refractivity contribution in [3.8, 4) is 0 Å². The summed E-state index contributed by atoms with van der Waals surface area (Å²) in [4.78, 5) is 16.8. The molecule has 1 heterocycles. The Labute approximate surface area is 141 Å². The number of hydrogen-bond acceptors (Lipinski definition) is 4. The van der Waals surface area contributed by atoms with Crippen LogP contribution in [0.15, 0.2) is 29.6 Å². The van der Waals surface area contributed by atoms with Gasteiger partial charge in [0.2, 0.25) is 0 Å². The van der Waals surface area contributed by atoms with E-state index in [1.165, 1.54) is 0 Å². The van der Waals surface area contributed by atoms with E-state index >= 15 is 0 Å². The second kappa shape index (κ2) is 9.56. The van der Waals surface area contributed by atoms with Gasteiger partial charge in [-0.3, -0.25) is 4.79 Å². The van der Waals surface area contributed by atoms with Gasteiger partial charge in [-0.05, 0) is 38.1 Å². The van der Waals surface area contributed by atoms with Crippen molar-refractivity contribution in [2.45, 2.75) is 26.3 Å². The summed E-state index contributed by atoms with van der Waals surface area (Å²) < 4.78 is 0. The molecule has 2 N–H and O–H groups in total. The topological polar surface area (TPSA) is 54.0 Å². The predicted molar refractivity (Wildman–Crippen MR) is 94.0 cm³/mol. The van der Waals surface area contributed by atoms with Crippen molar-refractivity contribution in [3.63, 3.8) is 0 Å². The van der Waals surface area contributed by atoms with E-state index in [0.29, 0.717) is 6.54 Å². The lowest BCUT2D eigenvalue weighted by Crippen LogP contribution is -2.25. The second-order valence-corrected chi connectivity index (χ2v) is 5.72. The molecule has 0 fully saturated rings. The van der Waals surface area contributed by atoms with Crippen molar-refractivity contribution in [1.82, 2.24) is 15.6 Å². The summed E-state index contributed by atoms with van der Waals surface area (Å²) >= 11 is 1.64. The Hall–Kier alpha value is -1.43. The number of carbonyl (C=O) groups excluding carboxylic acids is 1. The van der Waals surface area contributed by atoms with Crippen molar-refractivity contribution in [2.75, 3.05) is 13.6 Å². The van der Waals surface area contributed by atoms with E-state index in [2.05, 4.69) is 22.5 Å². The van der Waals surface area contributed by atoms with E-state index in [9.17, 15) is 4.79 Å². The van der Waals surface area contributed by atoms with Crippen molar-refractivity contribution in [3.05, 3.63) is 51.5 Å². The zero-order valence-corrected chi connectivity index (χ0v) is 14.5. The molecule has 0 spiro atoms. The number of aromatic nitrogens is 1. The molecule has 2 rings (SSSR count). The number of thiazole rings is 1. The highest BCUT2D eigenvalue weighted by Crippen LogP contribution is 2.12. The third kappa shape index (κ3) is 5.09. The number of amides is 1. The fraction of sp³-hybridized carbons (Fsp3) is 0.375. The van der Waals surface area contributed by atoms with Crippen LogP contribution in [0.1, 0.15) is 33.5 Å². The van der Waals surface area contributed by atoms with Crippen molar-refractivity contribution < 1.29 is 4.79 Å². The minimum absolute atomic E-state index is 0. The number of nitrogens with zero attached hydrogens (tertiary/aromatic N) is 1. The maximum absolute atomic E-state index is 12.3. The highest BCUT2D eigenvalue weighted by Gasteiger charge is 2.11. The van der Waals surface area contributed by atoms with Crippen LogP contribution in [-0.2, 0) is 19.4 Å². The molecule has 0 atom stereocenters. The molecule has 0 aliphatic rings. The molecular formula is C16H22ClN3OS. The van der Waals surface area contributed by atoms with Gasteiger partial charge in [0.1, 0.15) is 0 Å². The molecule has 0 aliphatic carbocycles. The van der Waals surface area contributed by atoms with Crippen molar-refractivity contribution in [2.24, 2.45) is 0 Å². The van der Waals surface area contributed by atoms with Crippen LogP contribution in [0.25, 0.3) is 0 Å². The minimum Gasteiger partial charge on any atom is -0.346 e. The monoisotopic (exact) mass is 339 g/mol. The summed E-state index contributed by atoms with van der Waals surface area (Å²) in [6.07, 6.45) is 1.78. The van der Waals surface area contributed by atoms with Gasteiger partial charge in [0.05, 0.1) is 17.2 Å². The molecule has 1 aromatic heterocycles. The lowest BCUT2D eigenvalue weighted by molar-refractivity contribution is 0.0949. The van der Waals surface area contributed by atoms with Gasteiger partial charge in [0.25, 0.3) is 5.91 Å². The van der Waals surface area contributed by atoms with Gasteiger partial charge < -0.3 is 10.6 Å². The summed E-state index contributed by atoms with van der Waals surface area (Å²) in [6.45, 7) is 3.42. The van der Waals surface area contributed by atoms with Crippen LogP contribution in [0.4, 0.5) is 0 Å². The summed E-state index contributed by atoms with van der Waals surface area (Å²) in [5.74, 6) is -0.0345. The first kappa shape index (κ1) is 18.6. The second-order valence-electron chi connectivity index (χ2n) is 4.78. The Balaban J connectivity index is 0.00000242. The zero-order chi connectivity index (χ0) is 15.1. The molecule has 2 aromatic rings. The van der Waals surface area contributed by atoms with E-state index in [4.69, 9.17) is 0 Å². The summed E-state index contributed by atoms with van der Waals surface area (Å²) in [6, 6.07) is 7.74. The zero-order valence-electron chi connectivity index (χ0n) is 12.9. The standard InChI is InChI=1S/C16H21N3OS.ClH/c1-3-15-19-13(11-21-15)10-18-16(20)14-7-5-4-6-12(14)8-9-17-2;/h4-7,11,17H,3,8-10H2,1-2H3,(H,18,20);1H. The first-order valence-corrected chi connectivity index (χ1v) is 8.06. The predicted octanol–water partition coefficient (Wildman–Crippen LogP) is 2.82. The lowest BCUT2D eigenvalue weighted by Gasteiger charge is -2.09. The molecule has 1 aromatic carbocycles. The number of halogens is 1. The molecule has 4 nitrogen and oxygen atoms in total. The van der Waals surface area contributed by atoms with Gasteiger partial charge in [-0.2, -0.15) is 0 Å². The van der Waals surface area contributed by atoms with Crippen molar-refractivity contribution >= 4 is 29.7 Å². The SMILES string of the molecule is CCc1nc(CNC(=O)c2ccccc2CCNC)cs1.Cl. The third-order valence-corrected chi connectivity index (χ3v) is 4.28. The average molecular weight is 340 g/mol. The van der Waals surface area contributed by atoms with E-state index < -0.39 is 0 Å². The largest absolute Gasteiger partial charge is 0.346 e.